The van der Waals surface area contributed by atoms with E-state index in [2.05, 4.69) is 4.74 Å². The van der Waals surface area contributed by atoms with Crippen molar-refractivity contribution >= 4 is 11.9 Å². The highest BCUT2D eigenvalue weighted by Gasteiger charge is 2.22. The average molecular weight is 212 g/mol. The van der Waals surface area contributed by atoms with Gasteiger partial charge in [-0.05, 0) is 12.1 Å². The normalized spacial score (nSPS) is 9.67. The van der Waals surface area contributed by atoms with Gasteiger partial charge in [0.15, 0.2) is 5.75 Å². The summed E-state index contributed by atoms with van der Waals surface area (Å²) in [5.74, 6) is -3.68. The van der Waals surface area contributed by atoms with Crippen molar-refractivity contribution in [3.05, 3.63) is 23.3 Å². The maximum absolute atomic E-state index is 10.7. The fourth-order valence-electron chi connectivity index (χ4n) is 1.16. The van der Waals surface area contributed by atoms with Crippen LogP contribution in [0.2, 0.25) is 0 Å². The van der Waals surface area contributed by atoms with E-state index in [4.69, 9.17) is 10.2 Å². The van der Waals surface area contributed by atoms with Gasteiger partial charge < -0.3 is 20.1 Å². The van der Waals surface area contributed by atoms with E-state index in [9.17, 15) is 14.7 Å². The number of rotatable bonds is 3. The van der Waals surface area contributed by atoms with Gasteiger partial charge in [-0.2, -0.15) is 0 Å². The van der Waals surface area contributed by atoms with Crippen molar-refractivity contribution in [2.24, 2.45) is 0 Å². The summed E-state index contributed by atoms with van der Waals surface area (Å²) in [7, 11) is 1.13. The maximum atomic E-state index is 10.7. The van der Waals surface area contributed by atoms with Gasteiger partial charge in [-0.3, -0.25) is 0 Å². The average Bonchev–Trinajstić information content (AvgIpc) is 2.15. The summed E-state index contributed by atoms with van der Waals surface area (Å²) in [6, 6.07) is 2.07. The Morgan fingerprint density at radius 1 is 1.20 bits per heavy atom. The molecule has 6 nitrogen and oxygen atoms in total. The zero-order valence-electron chi connectivity index (χ0n) is 7.72. The Balaban J connectivity index is 3.54. The second-order valence-electron chi connectivity index (χ2n) is 2.65. The van der Waals surface area contributed by atoms with Crippen LogP contribution in [0.4, 0.5) is 0 Å². The highest BCUT2D eigenvalue weighted by atomic mass is 16.5. The molecule has 0 saturated heterocycles. The fourth-order valence-corrected chi connectivity index (χ4v) is 1.16. The predicted molar refractivity (Wildman–Crippen MR) is 48.6 cm³/mol. The van der Waals surface area contributed by atoms with Crippen LogP contribution in [-0.2, 0) is 0 Å². The number of carboxylic acid groups (broad SMARTS) is 2. The van der Waals surface area contributed by atoms with E-state index < -0.39 is 23.3 Å². The molecule has 0 aliphatic carbocycles. The minimum absolute atomic E-state index is 0.312. The first-order valence-electron chi connectivity index (χ1n) is 3.85. The molecule has 0 bridgehead atoms. The summed E-state index contributed by atoms with van der Waals surface area (Å²) in [6.07, 6.45) is 0. The monoisotopic (exact) mass is 212 g/mol. The highest BCUT2D eigenvalue weighted by Crippen LogP contribution is 2.31. The molecule has 1 aromatic rings. The topological polar surface area (TPSA) is 104 Å². The molecule has 0 saturated carbocycles. The van der Waals surface area contributed by atoms with Crippen molar-refractivity contribution < 1.29 is 29.6 Å². The molecule has 1 rings (SSSR count). The summed E-state index contributed by atoms with van der Waals surface area (Å²) in [4.78, 5) is 21.5. The Hall–Kier alpha value is -2.24. The molecule has 80 valence electrons. The van der Waals surface area contributed by atoms with Crippen molar-refractivity contribution in [3.63, 3.8) is 0 Å². The number of hydrogen-bond acceptors (Lipinski definition) is 4. The lowest BCUT2D eigenvalue weighted by atomic mass is 10.1. The predicted octanol–water partition coefficient (Wildman–Crippen LogP) is 0.797. The Labute approximate surface area is 84.3 Å². The molecule has 0 aromatic heterocycles. The van der Waals surface area contributed by atoms with Gasteiger partial charge in [0.2, 0.25) is 0 Å². The van der Waals surface area contributed by atoms with Gasteiger partial charge in [0.1, 0.15) is 16.9 Å². The van der Waals surface area contributed by atoms with Gasteiger partial charge in [0, 0.05) is 0 Å². The number of aromatic hydroxyl groups is 1. The molecule has 15 heavy (non-hydrogen) atoms. The van der Waals surface area contributed by atoms with E-state index >= 15 is 0 Å². The lowest BCUT2D eigenvalue weighted by Gasteiger charge is -2.09. The number of carboxylic acids is 2. The fraction of sp³-hybridized carbons (Fsp3) is 0.111. The number of carbonyl (C=O) groups is 2. The Kier molecular flexibility index (Phi) is 2.80. The van der Waals surface area contributed by atoms with E-state index in [0.29, 0.717) is 0 Å². The molecule has 0 atom stereocenters. The smallest absolute Gasteiger partial charge is 0.343 e. The van der Waals surface area contributed by atoms with Crippen molar-refractivity contribution in [2.45, 2.75) is 0 Å². The summed E-state index contributed by atoms with van der Waals surface area (Å²) < 4.78 is 4.66. The number of phenols is 1. The lowest BCUT2D eigenvalue weighted by molar-refractivity contribution is 0.0688. The molecule has 3 N–H and O–H groups in total. The van der Waals surface area contributed by atoms with Crippen molar-refractivity contribution in [1.82, 2.24) is 0 Å². The van der Waals surface area contributed by atoms with Crippen LogP contribution in [0, 0.1) is 0 Å². The zero-order chi connectivity index (χ0) is 11.6. The number of benzene rings is 1. The molecule has 0 fully saturated rings. The van der Waals surface area contributed by atoms with Crippen LogP contribution < -0.4 is 4.74 Å². The van der Waals surface area contributed by atoms with Gasteiger partial charge in [-0.25, -0.2) is 9.59 Å². The first-order chi connectivity index (χ1) is 6.99. The van der Waals surface area contributed by atoms with E-state index in [1.807, 2.05) is 0 Å². The number of ether oxygens (including phenoxy) is 1. The maximum Gasteiger partial charge on any atom is 0.343 e. The van der Waals surface area contributed by atoms with Crippen molar-refractivity contribution in [1.29, 1.82) is 0 Å². The first-order valence-corrected chi connectivity index (χ1v) is 3.85. The molecule has 0 aliphatic heterocycles. The zero-order valence-corrected chi connectivity index (χ0v) is 7.72. The third-order valence-electron chi connectivity index (χ3n) is 1.78. The third kappa shape index (κ3) is 1.83. The van der Waals surface area contributed by atoms with Gasteiger partial charge in [0.25, 0.3) is 0 Å². The summed E-state index contributed by atoms with van der Waals surface area (Å²) in [6.45, 7) is 0. The highest BCUT2D eigenvalue weighted by molar-refractivity contribution is 6.00. The van der Waals surface area contributed by atoms with Crippen LogP contribution in [-0.4, -0.2) is 34.4 Å². The molecule has 0 amide bonds. The second-order valence-corrected chi connectivity index (χ2v) is 2.65. The molecule has 0 heterocycles. The van der Waals surface area contributed by atoms with Gasteiger partial charge in [0.05, 0.1) is 7.11 Å². The Morgan fingerprint density at radius 3 is 2.20 bits per heavy atom. The Bertz CT molecular complexity index is 423. The van der Waals surface area contributed by atoms with Crippen molar-refractivity contribution in [2.75, 3.05) is 7.11 Å². The number of hydrogen-bond donors (Lipinski definition) is 3. The minimum atomic E-state index is -1.45. The second kappa shape index (κ2) is 3.87. The van der Waals surface area contributed by atoms with Crippen LogP contribution >= 0.6 is 0 Å². The standard InChI is InChI=1S/C9H8O6/c1-15-7-4(8(11)12)2-3-5(10)6(7)9(13)14/h2-3,10H,1H3,(H,11,12)(H,13,14). The SMILES string of the molecule is COc1c(C(=O)O)ccc(O)c1C(=O)O. The number of methoxy groups -OCH3 is 1. The Morgan fingerprint density at radius 2 is 1.80 bits per heavy atom. The van der Waals surface area contributed by atoms with Crippen molar-refractivity contribution in [3.8, 4) is 11.5 Å². The quantitative estimate of drug-likeness (QED) is 0.684. The van der Waals surface area contributed by atoms with Crippen LogP contribution in [0.25, 0.3) is 0 Å². The van der Waals surface area contributed by atoms with Crippen LogP contribution in [0.5, 0.6) is 11.5 Å². The van der Waals surface area contributed by atoms with Crippen LogP contribution in [0.15, 0.2) is 12.1 Å². The molecule has 0 aliphatic rings. The van der Waals surface area contributed by atoms with Crippen LogP contribution in [0.3, 0.4) is 0 Å². The van der Waals surface area contributed by atoms with Gasteiger partial charge in [-0.1, -0.05) is 0 Å². The number of aromatic carboxylic acids is 2. The minimum Gasteiger partial charge on any atom is -0.507 e. The summed E-state index contributed by atoms with van der Waals surface area (Å²) in [5.41, 5.74) is -0.870. The largest absolute Gasteiger partial charge is 0.507 e. The van der Waals surface area contributed by atoms with E-state index in [-0.39, 0.29) is 11.3 Å². The van der Waals surface area contributed by atoms with E-state index in [0.717, 1.165) is 19.2 Å². The molecular formula is C9H8O6. The summed E-state index contributed by atoms with van der Waals surface area (Å²) in [5, 5.41) is 26.7. The van der Waals surface area contributed by atoms with Gasteiger partial charge >= 0.3 is 11.9 Å². The van der Waals surface area contributed by atoms with E-state index in [1.165, 1.54) is 0 Å². The molecule has 1 aromatic carbocycles. The first kappa shape index (κ1) is 10.8. The molecule has 0 radical (unpaired) electrons. The molecule has 6 heteroatoms. The van der Waals surface area contributed by atoms with E-state index in [1.54, 1.807) is 0 Å². The molecular weight excluding hydrogens is 204 g/mol. The van der Waals surface area contributed by atoms with Gasteiger partial charge in [-0.15, -0.1) is 0 Å². The van der Waals surface area contributed by atoms with Crippen LogP contribution in [0.1, 0.15) is 20.7 Å². The molecule has 0 unspecified atom stereocenters. The summed E-state index contributed by atoms with van der Waals surface area (Å²) >= 11 is 0. The molecule has 0 spiro atoms. The lowest BCUT2D eigenvalue weighted by Crippen LogP contribution is -2.07. The third-order valence-corrected chi connectivity index (χ3v) is 1.78.